The summed E-state index contributed by atoms with van der Waals surface area (Å²) in [4.78, 5) is 36.2. The van der Waals surface area contributed by atoms with Crippen LogP contribution in [0.25, 0.3) is 0 Å². The number of nitrogens with one attached hydrogen (secondary N) is 2. The zero-order valence-electron chi connectivity index (χ0n) is 15.4. The Morgan fingerprint density at radius 2 is 1.69 bits per heavy atom. The predicted molar refractivity (Wildman–Crippen MR) is 110 cm³/mol. The Kier molecular flexibility index (Phi) is 6.09. The van der Waals surface area contributed by atoms with Crippen molar-refractivity contribution in [1.29, 1.82) is 0 Å². The van der Waals surface area contributed by atoms with Crippen molar-refractivity contribution in [3.05, 3.63) is 93.1 Å². The van der Waals surface area contributed by atoms with Crippen molar-refractivity contribution in [2.24, 2.45) is 0 Å². The van der Waals surface area contributed by atoms with Crippen molar-refractivity contribution < 1.29 is 14.0 Å². The van der Waals surface area contributed by atoms with Crippen LogP contribution in [0, 0.1) is 12.7 Å². The number of hydrogen-bond acceptors (Lipinski definition) is 3. The standard InChI is InChI=1S/C21H17ClFN3O3/c1-13-2-9-20(28)26(11-13)12-19(27)24-15-5-3-14(4-6-15)21(29)25-16-7-8-18(23)17(22)10-16/h2-11H,12H2,1H3,(H,24,27)(H,25,29). The van der Waals surface area contributed by atoms with E-state index in [1.165, 1.54) is 34.9 Å². The lowest BCUT2D eigenvalue weighted by Crippen LogP contribution is -2.26. The number of rotatable bonds is 5. The summed E-state index contributed by atoms with van der Waals surface area (Å²) in [5.41, 5.74) is 1.80. The predicted octanol–water partition coefficient (Wildman–Crippen LogP) is 3.84. The van der Waals surface area contributed by atoms with Crippen LogP contribution in [0.5, 0.6) is 0 Å². The smallest absolute Gasteiger partial charge is 0.255 e. The average Bonchev–Trinajstić information content (AvgIpc) is 2.68. The van der Waals surface area contributed by atoms with Crippen LogP contribution in [0.3, 0.4) is 0 Å². The minimum atomic E-state index is -0.572. The molecule has 3 rings (SSSR count). The summed E-state index contributed by atoms with van der Waals surface area (Å²) in [6.07, 6.45) is 1.61. The van der Waals surface area contributed by atoms with E-state index in [9.17, 15) is 18.8 Å². The summed E-state index contributed by atoms with van der Waals surface area (Å²) in [6, 6.07) is 13.2. The Balaban J connectivity index is 1.62. The van der Waals surface area contributed by atoms with Gasteiger partial charge in [-0.05, 0) is 55.0 Å². The molecule has 0 bridgehead atoms. The summed E-state index contributed by atoms with van der Waals surface area (Å²) in [5, 5.41) is 5.20. The van der Waals surface area contributed by atoms with Gasteiger partial charge < -0.3 is 15.2 Å². The highest BCUT2D eigenvalue weighted by Crippen LogP contribution is 2.20. The van der Waals surface area contributed by atoms with E-state index in [1.54, 1.807) is 24.4 Å². The molecule has 3 aromatic rings. The molecule has 148 valence electrons. The molecule has 0 aliphatic rings. The molecule has 2 N–H and O–H groups in total. The Morgan fingerprint density at radius 3 is 2.38 bits per heavy atom. The first-order valence-electron chi connectivity index (χ1n) is 8.65. The largest absolute Gasteiger partial charge is 0.325 e. The van der Waals surface area contributed by atoms with E-state index in [0.29, 0.717) is 16.9 Å². The van der Waals surface area contributed by atoms with E-state index in [2.05, 4.69) is 10.6 Å². The summed E-state index contributed by atoms with van der Waals surface area (Å²) in [5.74, 6) is -1.34. The number of carbonyl (C=O) groups excluding carboxylic acids is 2. The number of aromatic nitrogens is 1. The lowest BCUT2D eigenvalue weighted by Gasteiger charge is -2.09. The second-order valence-corrected chi connectivity index (χ2v) is 6.79. The first-order valence-corrected chi connectivity index (χ1v) is 9.03. The molecule has 6 nitrogen and oxygen atoms in total. The Bertz CT molecular complexity index is 1130. The molecule has 0 unspecified atom stereocenters. The normalized spacial score (nSPS) is 10.4. The molecule has 1 heterocycles. The third-order valence-electron chi connectivity index (χ3n) is 4.05. The van der Waals surface area contributed by atoms with Gasteiger partial charge in [0.25, 0.3) is 11.5 Å². The van der Waals surface area contributed by atoms with Gasteiger partial charge in [-0.15, -0.1) is 0 Å². The SMILES string of the molecule is Cc1ccc(=O)n(CC(=O)Nc2ccc(C(=O)Nc3ccc(F)c(Cl)c3)cc2)c1. The molecule has 8 heteroatoms. The molecular formula is C21H17ClFN3O3. The molecule has 0 spiro atoms. The molecule has 2 amide bonds. The number of benzene rings is 2. The lowest BCUT2D eigenvalue weighted by atomic mass is 10.2. The van der Waals surface area contributed by atoms with E-state index in [-0.39, 0.29) is 23.0 Å². The quantitative estimate of drug-likeness (QED) is 0.667. The fourth-order valence-corrected chi connectivity index (χ4v) is 2.79. The maximum atomic E-state index is 13.2. The maximum Gasteiger partial charge on any atom is 0.255 e. The van der Waals surface area contributed by atoms with E-state index < -0.39 is 11.7 Å². The van der Waals surface area contributed by atoms with Gasteiger partial charge in [-0.2, -0.15) is 0 Å². The van der Waals surface area contributed by atoms with Gasteiger partial charge in [0, 0.05) is 29.2 Å². The molecule has 0 atom stereocenters. The zero-order chi connectivity index (χ0) is 21.0. The maximum absolute atomic E-state index is 13.2. The van der Waals surface area contributed by atoms with Crippen LogP contribution in [0.2, 0.25) is 5.02 Å². The number of amides is 2. The zero-order valence-corrected chi connectivity index (χ0v) is 16.2. The summed E-state index contributed by atoms with van der Waals surface area (Å²) < 4.78 is 14.5. The highest BCUT2D eigenvalue weighted by Gasteiger charge is 2.09. The number of aryl methyl sites for hydroxylation is 1. The van der Waals surface area contributed by atoms with Crippen molar-refractivity contribution in [3.63, 3.8) is 0 Å². The molecule has 0 saturated heterocycles. The van der Waals surface area contributed by atoms with Crippen LogP contribution < -0.4 is 16.2 Å². The topological polar surface area (TPSA) is 80.2 Å². The Labute approximate surface area is 170 Å². The number of halogens is 2. The van der Waals surface area contributed by atoms with Crippen LogP contribution in [0.4, 0.5) is 15.8 Å². The van der Waals surface area contributed by atoms with Crippen molar-refractivity contribution in [3.8, 4) is 0 Å². The third kappa shape index (κ3) is 5.30. The first-order chi connectivity index (χ1) is 13.8. The van der Waals surface area contributed by atoms with Crippen molar-refractivity contribution in [2.75, 3.05) is 10.6 Å². The number of nitrogens with zero attached hydrogens (tertiary/aromatic N) is 1. The molecule has 2 aromatic carbocycles. The van der Waals surface area contributed by atoms with Crippen LogP contribution in [-0.2, 0) is 11.3 Å². The minimum Gasteiger partial charge on any atom is -0.325 e. The minimum absolute atomic E-state index is 0.0893. The summed E-state index contributed by atoms with van der Waals surface area (Å²) in [7, 11) is 0. The third-order valence-corrected chi connectivity index (χ3v) is 4.34. The second-order valence-electron chi connectivity index (χ2n) is 6.38. The molecular weight excluding hydrogens is 397 g/mol. The van der Waals surface area contributed by atoms with Crippen LogP contribution in [0.1, 0.15) is 15.9 Å². The Morgan fingerprint density at radius 1 is 1.00 bits per heavy atom. The monoisotopic (exact) mass is 413 g/mol. The van der Waals surface area contributed by atoms with Gasteiger partial charge in [0.2, 0.25) is 5.91 Å². The van der Waals surface area contributed by atoms with Gasteiger partial charge in [0.1, 0.15) is 12.4 Å². The average molecular weight is 414 g/mol. The lowest BCUT2D eigenvalue weighted by molar-refractivity contribution is -0.116. The van der Waals surface area contributed by atoms with Gasteiger partial charge in [-0.1, -0.05) is 17.7 Å². The van der Waals surface area contributed by atoms with Gasteiger partial charge in [0.15, 0.2) is 0 Å². The van der Waals surface area contributed by atoms with Gasteiger partial charge >= 0.3 is 0 Å². The molecule has 1 aromatic heterocycles. The van der Waals surface area contributed by atoms with Crippen molar-refractivity contribution >= 4 is 34.8 Å². The molecule has 0 aliphatic carbocycles. The van der Waals surface area contributed by atoms with Gasteiger partial charge in [0.05, 0.1) is 5.02 Å². The molecule has 29 heavy (non-hydrogen) atoms. The van der Waals surface area contributed by atoms with E-state index >= 15 is 0 Å². The van der Waals surface area contributed by atoms with Gasteiger partial charge in [-0.25, -0.2) is 4.39 Å². The molecule has 0 aliphatic heterocycles. The summed E-state index contributed by atoms with van der Waals surface area (Å²) >= 11 is 5.70. The highest BCUT2D eigenvalue weighted by molar-refractivity contribution is 6.31. The van der Waals surface area contributed by atoms with E-state index in [0.717, 1.165) is 11.6 Å². The fourth-order valence-electron chi connectivity index (χ4n) is 2.61. The van der Waals surface area contributed by atoms with Crippen molar-refractivity contribution in [2.45, 2.75) is 13.5 Å². The molecule has 0 fully saturated rings. The first kappa shape index (κ1) is 20.3. The van der Waals surface area contributed by atoms with Crippen LogP contribution in [-0.4, -0.2) is 16.4 Å². The number of carbonyl (C=O) groups is 2. The second kappa shape index (κ2) is 8.70. The van der Waals surface area contributed by atoms with Gasteiger partial charge in [-0.3, -0.25) is 14.4 Å². The number of hydrogen-bond donors (Lipinski definition) is 2. The van der Waals surface area contributed by atoms with Crippen LogP contribution >= 0.6 is 11.6 Å². The number of pyridine rings is 1. The van der Waals surface area contributed by atoms with E-state index in [1.807, 2.05) is 6.92 Å². The van der Waals surface area contributed by atoms with E-state index in [4.69, 9.17) is 11.6 Å². The molecule has 0 saturated carbocycles. The molecule has 0 radical (unpaired) electrons. The highest BCUT2D eigenvalue weighted by atomic mass is 35.5. The summed E-state index contributed by atoms with van der Waals surface area (Å²) in [6.45, 7) is 1.71. The van der Waals surface area contributed by atoms with Crippen molar-refractivity contribution in [1.82, 2.24) is 4.57 Å². The van der Waals surface area contributed by atoms with Crippen LogP contribution in [0.15, 0.2) is 65.6 Å². The fraction of sp³-hybridized carbons (Fsp3) is 0.0952. The Hall–Kier alpha value is -3.45. The number of anilines is 2.